The van der Waals surface area contributed by atoms with E-state index in [2.05, 4.69) is 10.3 Å². The Hall–Kier alpha value is -4.90. The second-order valence-electron chi connectivity index (χ2n) is 8.58. The molecule has 4 rings (SSSR count). The van der Waals surface area contributed by atoms with Gasteiger partial charge in [-0.3, -0.25) is 9.59 Å². The molecule has 1 aliphatic rings. The van der Waals surface area contributed by atoms with E-state index in [4.69, 9.17) is 42.0 Å². The number of nitrogens with two attached hydrogens (primary N) is 2. The lowest BCUT2D eigenvalue weighted by atomic mass is 9.93. The first-order chi connectivity index (χ1) is 19.2. The lowest BCUT2D eigenvalue weighted by Gasteiger charge is -2.24. The second-order valence-corrected chi connectivity index (χ2v) is 8.99. The summed E-state index contributed by atoms with van der Waals surface area (Å²) < 4.78 is 21.8. The third-order valence-corrected chi connectivity index (χ3v) is 6.29. The number of pyridine rings is 1. The average Bonchev–Trinajstić information content (AvgIpc) is 2.95. The molecular formula is C28H27ClN4O7. The van der Waals surface area contributed by atoms with Gasteiger partial charge in [-0.15, -0.1) is 0 Å². The van der Waals surface area contributed by atoms with E-state index in [-0.39, 0.29) is 23.3 Å². The van der Waals surface area contributed by atoms with Crippen LogP contribution in [0.15, 0.2) is 66.5 Å². The van der Waals surface area contributed by atoms with Gasteiger partial charge in [-0.2, -0.15) is 4.98 Å². The van der Waals surface area contributed by atoms with Crippen LogP contribution >= 0.6 is 11.6 Å². The van der Waals surface area contributed by atoms with Gasteiger partial charge < -0.3 is 40.8 Å². The summed E-state index contributed by atoms with van der Waals surface area (Å²) in [6, 6.07) is 12.7. The SMILES string of the molecule is COc1ccc(/C(N)=C/C=C(\N)NC(=O)c2ccc(Oc3cc4c(cc3Cl)C(C(=O)O)CCO4)cc2)c(OC)n1. The highest BCUT2D eigenvalue weighted by Gasteiger charge is 2.29. The zero-order valence-corrected chi connectivity index (χ0v) is 22.4. The third-order valence-electron chi connectivity index (χ3n) is 5.99. The third kappa shape index (κ3) is 6.38. The van der Waals surface area contributed by atoms with Crippen molar-refractivity contribution in [3.8, 4) is 29.0 Å². The van der Waals surface area contributed by atoms with E-state index in [1.54, 1.807) is 48.5 Å². The van der Waals surface area contributed by atoms with Crippen LogP contribution in [0.2, 0.25) is 5.02 Å². The van der Waals surface area contributed by atoms with Crippen LogP contribution < -0.4 is 35.7 Å². The summed E-state index contributed by atoms with van der Waals surface area (Å²) >= 11 is 6.35. The Balaban J connectivity index is 1.41. The van der Waals surface area contributed by atoms with Crippen molar-refractivity contribution in [2.75, 3.05) is 20.8 Å². The van der Waals surface area contributed by atoms with Gasteiger partial charge in [-0.25, -0.2) is 0 Å². The molecule has 2 heterocycles. The molecule has 6 N–H and O–H groups in total. The van der Waals surface area contributed by atoms with Crippen molar-refractivity contribution in [3.05, 3.63) is 88.2 Å². The number of halogens is 1. The maximum absolute atomic E-state index is 12.7. The van der Waals surface area contributed by atoms with Gasteiger partial charge >= 0.3 is 5.97 Å². The summed E-state index contributed by atoms with van der Waals surface area (Å²) in [7, 11) is 2.96. The van der Waals surface area contributed by atoms with E-state index in [1.165, 1.54) is 26.4 Å². The Morgan fingerprint density at radius 3 is 2.52 bits per heavy atom. The highest BCUT2D eigenvalue weighted by molar-refractivity contribution is 6.32. The highest BCUT2D eigenvalue weighted by Crippen LogP contribution is 2.41. The number of benzene rings is 2. The zero-order chi connectivity index (χ0) is 28.8. The predicted molar refractivity (Wildman–Crippen MR) is 148 cm³/mol. The number of aromatic nitrogens is 1. The molecule has 0 radical (unpaired) electrons. The molecule has 12 heteroatoms. The Morgan fingerprint density at radius 1 is 1.10 bits per heavy atom. The van der Waals surface area contributed by atoms with Crippen LogP contribution in [0.1, 0.15) is 33.8 Å². The van der Waals surface area contributed by atoms with Crippen molar-refractivity contribution in [3.63, 3.8) is 0 Å². The number of carbonyl (C=O) groups excluding carboxylic acids is 1. The first-order valence-electron chi connectivity index (χ1n) is 12.0. The molecule has 1 aromatic heterocycles. The largest absolute Gasteiger partial charge is 0.493 e. The van der Waals surface area contributed by atoms with Crippen molar-refractivity contribution in [1.82, 2.24) is 10.3 Å². The monoisotopic (exact) mass is 566 g/mol. The van der Waals surface area contributed by atoms with Crippen molar-refractivity contribution in [2.24, 2.45) is 11.5 Å². The molecule has 208 valence electrons. The van der Waals surface area contributed by atoms with Crippen molar-refractivity contribution < 1.29 is 33.6 Å². The molecule has 3 aromatic rings. The van der Waals surface area contributed by atoms with Gasteiger partial charge in [0.15, 0.2) is 0 Å². The number of hydrogen-bond acceptors (Lipinski definition) is 9. The van der Waals surface area contributed by atoms with Crippen molar-refractivity contribution >= 4 is 29.2 Å². The maximum atomic E-state index is 12.7. The predicted octanol–water partition coefficient (Wildman–Crippen LogP) is 4.02. The van der Waals surface area contributed by atoms with Crippen LogP contribution in [0.5, 0.6) is 29.0 Å². The van der Waals surface area contributed by atoms with E-state index in [0.29, 0.717) is 51.9 Å². The van der Waals surface area contributed by atoms with Crippen LogP contribution in [-0.2, 0) is 4.79 Å². The summed E-state index contributed by atoms with van der Waals surface area (Å²) in [6.07, 6.45) is 3.33. The average molecular weight is 567 g/mol. The topological polar surface area (TPSA) is 168 Å². The summed E-state index contributed by atoms with van der Waals surface area (Å²) in [5.41, 5.74) is 13.8. The Kier molecular flexibility index (Phi) is 8.65. The number of carboxylic acid groups (broad SMARTS) is 1. The number of methoxy groups -OCH3 is 2. The summed E-state index contributed by atoms with van der Waals surface area (Å²) in [4.78, 5) is 28.4. The van der Waals surface area contributed by atoms with Crippen LogP contribution in [0.3, 0.4) is 0 Å². The van der Waals surface area contributed by atoms with Crippen molar-refractivity contribution in [2.45, 2.75) is 12.3 Å². The molecule has 40 heavy (non-hydrogen) atoms. The molecule has 1 amide bonds. The molecule has 0 aliphatic carbocycles. The van der Waals surface area contributed by atoms with Gasteiger partial charge in [0.25, 0.3) is 5.91 Å². The Bertz CT molecular complexity index is 1490. The number of hydrogen-bond donors (Lipinski definition) is 4. The molecule has 1 atom stereocenters. The molecular weight excluding hydrogens is 540 g/mol. The Labute approximate surface area is 234 Å². The first-order valence-corrected chi connectivity index (χ1v) is 12.4. The van der Waals surface area contributed by atoms with E-state index < -0.39 is 17.8 Å². The maximum Gasteiger partial charge on any atom is 0.311 e. The summed E-state index contributed by atoms with van der Waals surface area (Å²) in [5.74, 6) is -0.246. The molecule has 0 saturated heterocycles. The molecule has 2 aromatic carbocycles. The standard InChI is InChI=1S/C28H27ClN4O7/c1-37-25-10-7-18(27(33-25)38-2)21(30)8-9-24(31)32-26(34)15-3-5-16(6-4-15)40-23-14-22-19(13-20(23)29)17(28(35)36)11-12-39-22/h3-10,13-14,17H,11-12,30-31H2,1-2H3,(H,32,34)(H,35,36)/b21-8-,24-9+. The fourth-order valence-corrected chi connectivity index (χ4v) is 4.16. The lowest BCUT2D eigenvalue weighted by molar-refractivity contribution is -0.139. The second kappa shape index (κ2) is 12.3. The van der Waals surface area contributed by atoms with Gasteiger partial charge in [0.05, 0.1) is 37.3 Å². The Morgan fingerprint density at radius 2 is 1.85 bits per heavy atom. The van der Waals surface area contributed by atoms with Crippen molar-refractivity contribution in [1.29, 1.82) is 0 Å². The number of rotatable bonds is 9. The van der Waals surface area contributed by atoms with Gasteiger partial charge in [0, 0.05) is 29.0 Å². The van der Waals surface area contributed by atoms with Gasteiger partial charge in [-0.05, 0) is 55.0 Å². The fraction of sp³-hybridized carbons (Fsp3) is 0.179. The molecule has 0 saturated carbocycles. The minimum absolute atomic E-state index is 0.0641. The number of nitrogens with zero attached hydrogens (tertiary/aromatic N) is 1. The van der Waals surface area contributed by atoms with E-state index in [1.807, 2.05) is 0 Å². The number of carboxylic acids is 1. The molecule has 0 fully saturated rings. The highest BCUT2D eigenvalue weighted by atomic mass is 35.5. The molecule has 1 unspecified atom stereocenters. The van der Waals surface area contributed by atoms with E-state index in [9.17, 15) is 14.7 Å². The minimum Gasteiger partial charge on any atom is -0.493 e. The number of amides is 1. The zero-order valence-electron chi connectivity index (χ0n) is 21.6. The molecule has 11 nitrogen and oxygen atoms in total. The number of allylic oxidation sites excluding steroid dienone is 2. The molecule has 0 spiro atoms. The van der Waals surface area contributed by atoms with Crippen LogP contribution in [0.4, 0.5) is 0 Å². The number of carbonyl (C=O) groups is 2. The minimum atomic E-state index is -0.937. The normalized spacial score (nSPS) is 14.9. The lowest BCUT2D eigenvalue weighted by Crippen LogP contribution is -2.27. The van der Waals surface area contributed by atoms with Gasteiger partial charge in [-0.1, -0.05) is 11.6 Å². The van der Waals surface area contributed by atoms with Crippen LogP contribution in [0.25, 0.3) is 5.70 Å². The molecule has 0 bridgehead atoms. The van der Waals surface area contributed by atoms with Crippen LogP contribution in [0, 0.1) is 0 Å². The van der Waals surface area contributed by atoms with E-state index in [0.717, 1.165) is 0 Å². The number of fused-ring (bicyclic) bond motifs is 1. The summed E-state index contributed by atoms with van der Waals surface area (Å²) in [5, 5.41) is 12.3. The van der Waals surface area contributed by atoms with Gasteiger partial charge in [0.1, 0.15) is 23.1 Å². The number of aliphatic carboxylic acids is 1. The van der Waals surface area contributed by atoms with Crippen LogP contribution in [-0.4, -0.2) is 42.8 Å². The molecule has 1 aliphatic heterocycles. The number of ether oxygens (including phenoxy) is 4. The van der Waals surface area contributed by atoms with E-state index >= 15 is 0 Å². The van der Waals surface area contributed by atoms with Gasteiger partial charge in [0.2, 0.25) is 11.8 Å². The fourth-order valence-electron chi connectivity index (χ4n) is 3.95. The number of nitrogens with one attached hydrogen (secondary N) is 1. The smallest absolute Gasteiger partial charge is 0.311 e. The first kappa shape index (κ1) is 28.1. The summed E-state index contributed by atoms with van der Waals surface area (Å²) in [6.45, 7) is 0.279. The quantitative estimate of drug-likeness (QED) is 0.277.